The molecule has 0 saturated carbocycles. The zero-order valence-electron chi connectivity index (χ0n) is 13.7. The molecule has 1 aliphatic rings. The fourth-order valence-electron chi connectivity index (χ4n) is 2.68. The molecule has 0 saturated heterocycles. The van der Waals surface area contributed by atoms with Gasteiger partial charge in [-0.15, -0.1) is 0 Å². The molecule has 1 aromatic heterocycles. The highest BCUT2D eigenvalue weighted by molar-refractivity contribution is 5.90. The van der Waals surface area contributed by atoms with E-state index in [1.54, 1.807) is 12.4 Å². The molecule has 0 bridgehead atoms. The third-order valence-electron chi connectivity index (χ3n) is 3.98. The van der Waals surface area contributed by atoms with E-state index in [0.29, 0.717) is 11.3 Å². The number of aromatic nitrogens is 1. The molecule has 0 amide bonds. The van der Waals surface area contributed by atoms with E-state index < -0.39 is 5.56 Å². The third-order valence-corrected chi connectivity index (χ3v) is 3.98. The molecule has 0 atom stereocenters. The van der Waals surface area contributed by atoms with Crippen molar-refractivity contribution in [1.29, 1.82) is 5.26 Å². The first-order valence-electron chi connectivity index (χ1n) is 8.24. The van der Waals surface area contributed by atoms with Crippen LogP contribution < -0.4 is 16.3 Å². The highest BCUT2D eigenvalue weighted by Crippen LogP contribution is 2.21. The van der Waals surface area contributed by atoms with E-state index in [1.807, 2.05) is 36.4 Å². The molecule has 0 radical (unpaired) electrons. The number of hydrogen-bond acceptors (Lipinski definition) is 5. The first-order chi connectivity index (χ1) is 12.3. The molecule has 0 aliphatic heterocycles. The number of para-hydroxylation sites is 1. The summed E-state index contributed by atoms with van der Waals surface area (Å²) in [7, 11) is 0. The third kappa shape index (κ3) is 4.15. The van der Waals surface area contributed by atoms with Crippen molar-refractivity contribution in [3.63, 3.8) is 0 Å². The Morgan fingerprint density at radius 2 is 2.08 bits per heavy atom. The lowest BCUT2D eigenvalue weighted by atomic mass is 10.1. The Labute approximate surface area is 145 Å². The second-order valence-electron chi connectivity index (χ2n) is 5.77. The Kier molecular flexibility index (Phi) is 5.27. The van der Waals surface area contributed by atoms with Gasteiger partial charge in [0.05, 0.1) is 11.9 Å². The summed E-state index contributed by atoms with van der Waals surface area (Å²) in [5, 5.41) is 16.8. The minimum absolute atomic E-state index is 0.0321. The van der Waals surface area contributed by atoms with Gasteiger partial charge in [0, 0.05) is 23.1 Å². The second kappa shape index (κ2) is 7.97. The lowest BCUT2D eigenvalue weighted by molar-refractivity contribution is 0.653. The van der Waals surface area contributed by atoms with Crippen LogP contribution in [0.2, 0.25) is 0 Å². The molecule has 126 valence electrons. The summed E-state index contributed by atoms with van der Waals surface area (Å²) in [5.41, 5.74) is 5.61. The number of hydrogen-bond donors (Lipinski definition) is 3. The van der Waals surface area contributed by atoms with Gasteiger partial charge >= 0.3 is 0 Å². The zero-order chi connectivity index (χ0) is 17.5. The number of rotatable bonds is 5. The van der Waals surface area contributed by atoms with E-state index in [1.165, 1.54) is 6.42 Å². The first-order valence-corrected chi connectivity index (χ1v) is 8.24. The number of benzene rings is 1. The van der Waals surface area contributed by atoms with Crippen LogP contribution in [0.4, 0.5) is 11.4 Å². The normalized spacial score (nSPS) is 14.0. The number of nitriles is 1. The average molecular weight is 333 g/mol. The number of nitrogens with zero attached hydrogens (tertiary/aromatic N) is 2. The number of hydrazone groups is 1. The lowest BCUT2D eigenvalue weighted by Gasteiger charge is -2.12. The van der Waals surface area contributed by atoms with Crippen LogP contribution in [0.3, 0.4) is 0 Å². The molecule has 3 rings (SSSR count). The van der Waals surface area contributed by atoms with E-state index in [2.05, 4.69) is 26.9 Å². The van der Waals surface area contributed by atoms with Gasteiger partial charge in [-0.25, -0.2) is 0 Å². The molecule has 0 spiro atoms. The van der Waals surface area contributed by atoms with Gasteiger partial charge in [0.1, 0.15) is 11.6 Å². The molecule has 1 aliphatic carbocycles. The summed E-state index contributed by atoms with van der Waals surface area (Å²) in [5.74, 6) is 0. The fourth-order valence-corrected chi connectivity index (χ4v) is 2.68. The maximum Gasteiger partial charge on any atom is 0.268 e. The molecule has 1 aromatic carbocycles. The molecule has 0 unspecified atom stereocenters. The smallest absolute Gasteiger partial charge is 0.268 e. The van der Waals surface area contributed by atoms with E-state index >= 15 is 0 Å². The van der Waals surface area contributed by atoms with Crippen LogP contribution in [-0.2, 0) is 0 Å². The highest BCUT2D eigenvalue weighted by Gasteiger charge is 2.12. The van der Waals surface area contributed by atoms with Crippen LogP contribution in [0.1, 0.15) is 36.8 Å². The molecular weight excluding hydrogens is 314 g/mol. The average Bonchev–Trinajstić information content (AvgIpc) is 2.65. The van der Waals surface area contributed by atoms with Gasteiger partial charge in [-0.3, -0.25) is 10.2 Å². The maximum atomic E-state index is 11.9. The van der Waals surface area contributed by atoms with Crippen molar-refractivity contribution in [2.45, 2.75) is 25.7 Å². The maximum absolute atomic E-state index is 11.9. The Morgan fingerprint density at radius 3 is 2.80 bits per heavy atom. The van der Waals surface area contributed by atoms with Crippen molar-refractivity contribution in [2.75, 3.05) is 5.32 Å². The van der Waals surface area contributed by atoms with Crippen molar-refractivity contribution < 1.29 is 0 Å². The van der Waals surface area contributed by atoms with E-state index in [4.69, 9.17) is 0 Å². The zero-order valence-corrected chi connectivity index (χ0v) is 13.7. The Bertz CT molecular complexity index is 890. The summed E-state index contributed by atoms with van der Waals surface area (Å²) in [4.78, 5) is 14.5. The quantitative estimate of drug-likeness (QED) is 0.578. The summed E-state index contributed by atoms with van der Waals surface area (Å²) in [6.07, 6.45) is 9.74. The minimum atomic E-state index is -0.430. The summed E-state index contributed by atoms with van der Waals surface area (Å²) >= 11 is 0. The van der Waals surface area contributed by atoms with Crippen molar-refractivity contribution in [1.82, 2.24) is 10.4 Å². The molecule has 25 heavy (non-hydrogen) atoms. The standard InChI is InChI=1S/C19H19N5O/c20-11-17-18(23-15-7-3-1-4-8-15)14(12-21-19(17)25)13-22-24-16-9-5-2-6-10-16/h1,3-4,7-9,12-13,24H,2,5-6,10H2,(H2,21,23,25)/b22-13+. The molecule has 6 heteroatoms. The van der Waals surface area contributed by atoms with E-state index in [0.717, 1.165) is 30.6 Å². The predicted octanol–water partition coefficient (Wildman–Crippen LogP) is 3.37. The van der Waals surface area contributed by atoms with Crippen molar-refractivity contribution in [3.8, 4) is 6.07 Å². The van der Waals surface area contributed by atoms with Gasteiger partial charge in [-0.1, -0.05) is 24.3 Å². The monoisotopic (exact) mass is 333 g/mol. The largest absolute Gasteiger partial charge is 0.354 e. The van der Waals surface area contributed by atoms with Crippen molar-refractivity contribution >= 4 is 17.6 Å². The predicted molar refractivity (Wildman–Crippen MR) is 98.8 cm³/mol. The van der Waals surface area contributed by atoms with Gasteiger partial charge in [-0.2, -0.15) is 10.4 Å². The molecule has 0 fully saturated rings. The van der Waals surface area contributed by atoms with Gasteiger partial charge in [0.25, 0.3) is 5.56 Å². The number of nitrogens with one attached hydrogen (secondary N) is 3. The van der Waals surface area contributed by atoms with Gasteiger partial charge in [-0.05, 0) is 37.8 Å². The SMILES string of the molecule is N#Cc1c(Nc2ccccc2)c(/C=N/NC2=CCCCC2)c[nH]c1=O. The van der Waals surface area contributed by atoms with Gasteiger partial charge < -0.3 is 10.3 Å². The molecule has 2 aromatic rings. The van der Waals surface area contributed by atoms with Crippen LogP contribution in [0.25, 0.3) is 0 Å². The van der Waals surface area contributed by atoms with Gasteiger partial charge in [0.15, 0.2) is 0 Å². The highest BCUT2D eigenvalue weighted by atomic mass is 16.1. The first kappa shape index (κ1) is 16.5. The van der Waals surface area contributed by atoms with Crippen LogP contribution in [0.5, 0.6) is 0 Å². The van der Waals surface area contributed by atoms with Crippen LogP contribution in [0, 0.1) is 11.3 Å². The van der Waals surface area contributed by atoms with Crippen molar-refractivity contribution in [3.05, 3.63) is 69.8 Å². The molecule has 3 N–H and O–H groups in total. The van der Waals surface area contributed by atoms with Gasteiger partial charge in [0.2, 0.25) is 0 Å². The minimum Gasteiger partial charge on any atom is -0.354 e. The lowest BCUT2D eigenvalue weighted by Crippen LogP contribution is -2.15. The Hall–Kier alpha value is -3.33. The number of H-pyrrole nitrogens is 1. The van der Waals surface area contributed by atoms with Crippen LogP contribution in [-0.4, -0.2) is 11.2 Å². The Morgan fingerprint density at radius 1 is 1.24 bits per heavy atom. The molecule has 1 heterocycles. The topological polar surface area (TPSA) is 93.1 Å². The molecule has 6 nitrogen and oxygen atoms in total. The summed E-state index contributed by atoms with van der Waals surface area (Å²) < 4.78 is 0. The number of aromatic amines is 1. The van der Waals surface area contributed by atoms with E-state index in [9.17, 15) is 10.1 Å². The number of anilines is 2. The number of allylic oxidation sites excluding steroid dienone is 2. The Balaban J connectivity index is 1.89. The van der Waals surface area contributed by atoms with Crippen molar-refractivity contribution in [2.24, 2.45) is 5.10 Å². The summed E-state index contributed by atoms with van der Waals surface area (Å²) in [6, 6.07) is 11.4. The van der Waals surface area contributed by atoms with E-state index in [-0.39, 0.29) is 5.56 Å². The molecular formula is C19H19N5O. The van der Waals surface area contributed by atoms with Crippen LogP contribution in [0.15, 0.2) is 58.2 Å². The van der Waals surface area contributed by atoms with Crippen LogP contribution >= 0.6 is 0 Å². The number of pyridine rings is 1. The fraction of sp³-hybridized carbons (Fsp3) is 0.211. The summed E-state index contributed by atoms with van der Waals surface area (Å²) in [6.45, 7) is 0. The second-order valence-corrected chi connectivity index (χ2v) is 5.77.